The molecule has 0 radical (unpaired) electrons. The number of piperidine rings is 1. The van der Waals surface area contributed by atoms with Crippen LogP contribution in [0.4, 0.5) is 0 Å². The molecule has 0 bridgehead atoms. The van der Waals surface area contributed by atoms with Gasteiger partial charge in [0.05, 0.1) is 0 Å². The second-order valence-electron chi connectivity index (χ2n) is 5.99. The summed E-state index contributed by atoms with van der Waals surface area (Å²) in [5.41, 5.74) is 0.0230. The molecule has 5 heteroatoms. The maximum Gasteiger partial charge on any atom is 0.328 e. The lowest BCUT2D eigenvalue weighted by atomic mass is 10.2. The van der Waals surface area contributed by atoms with E-state index in [0.717, 1.165) is 31.2 Å². The van der Waals surface area contributed by atoms with Gasteiger partial charge in [-0.1, -0.05) is 0 Å². The SMILES string of the molecule is Cc1cn(CCCCN2CC3CC3C2)c(=O)[nH]c1=O. The fourth-order valence-electron chi connectivity index (χ4n) is 3.08. The molecule has 2 aliphatic rings. The van der Waals surface area contributed by atoms with E-state index in [2.05, 4.69) is 9.88 Å². The number of hydrogen-bond donors (Lipinski definition) is 1. The second kappa shape index (κ2) is 4.96. The number of nitrogens with zero attached hydrogens (tertiary/aromatic N) is 2. The van der Waals surface area contributed by atoms with Crippen molar-refractivity contribution in [2.45, 2.75) is 32.7 Å². The third kappa shape index (κ3) is 2.81. The van der Waals surface area contributed by atoms with E-state index in [1.165, 1.54) is 19.5 Å². The summed E-state index contributed by atoms with van der Waals surface area (Å²) in [6.07, 6.45) is 5.20. The van der Waals surface area contributed by atoms with Gasteiger partial charge in [0.1, 0.15) is 0 Å². The lowest BCUT2D eigenvalue weighted by Crippen LogP contribution is -2.31. The van der Waals surface area contributed by atoms with Gasteiger partial charge < -0.3 is 9.47 Å². The minimum Gasteiger partial charge on any atom is -0.303 e. The van der Waals surface area contributed by atoms with E-state index in [1.807, 2.05) is 0 Å². The normalized spacial score (nSPS) is 25.5. The van der Waals surface area contributed by atoms with Crippen LogP contribution in [0.25, 0.3) is 0 Å². The highest BCUT2D eigenvalue weighted by Gasteiger charge is 2.44. The highest BCUT2D eigenvalue weighted by molar-refractivity contribution is 5.00. The molecule has 0 amide bonds. The summed E-state index contributed by atoms with van der Waals surface area (Å²) < 4.78 is 1.61. The number of H-pyrrole nitrogens is 1. The molecule has 1 aliphatic heterocycles. The minimum atomic E-state index is -0.294. The Morgan fingerprint density at radius 2 is 1.89 bits per heavy atom. The molecular weight excluding hydrogens is 242 g/mol. The number of likely N-dealkylation sites (tertiary alicyclic amines) is 1. The van der Waals surface area contributed by atoms with Gasteiger partial charge in [-0.2, -0.15) is 0 Å². The lowest BCUT2D eigenvalue weighted by molar-refractivity contribution is 0.295. The molecule has 1 aromatic heterocycles. The molecule has 2 fully saturated rings. The Bertz CT molecular complexity index is 565. The number of rotatable bonds is 5. The van der Waals surface area contributed by atoms with Crippen LogP contribution in [0.2, 0.25) is 0 Å². The Kier molecular flexibility index (Phi) is 3.31. The van der Waals surface area contributed by atoms with Gasteiger partial charge in [0, 0.05) is 31.4 Å². The predicted molar refractivity (Wildman–Crippen MR) is 73.3 cm³/mol. The Morgan fingerprint density at radius 1 is 1.21 bits per heavy atom. The van der Waals surface area contributed by atoms with Crippen LogP contribution in [0.1, 0.15) is 24.8 Å². The number of hydrogen-bond acceptors (Lipinski definition) is 3. The topological polar surface area (TPSA) is 58.1 Å². The molecule has 1 aromatic rings. The first-order valence-electron chi connectivity index (χ1n) is 7.16. The average Bonchev–Trinajstić information content (AvgIpc) is 2.98. The van der Waals surface area contributed by atoms with Crippen molar-refractivity contribution in [2.24, 2.45) is 11.8 Å². The number of aryl methyl sites for hydroxylation is 2. The van der Waals surface area contributed by atoms with E-state index >= 15 is 0 Å². The number of nitrogens with one attached hydrogen (secondary N) is 1. The van der Waals surface area contributed by atoms with E-state index < -0.39 is 0 Å². The molecule has 2 atom stereocenters. The van der Waals surface area contributed by atoms with Crippen molar-refractivity contribution in [2.75, 3.05) is 19.6 Å². The highest BCUT2D eigenvalue weighted by atomic mass is 16.2. The van der Waals surface area contributed by atoms with Crippen LogP contribution in [0, 0.1) is 18.8 Å². The molecule has 3 rings (SSSR count). The summed E-state index contributed by atoms with van der Waals surface area (Å²) in [6, 6.07) is 0. The zero-order valence-corrected chi connectivity index (χ0v) is 11.4. The van der Waals surface area contributed by atoms with Crippen molar-refractivity contribution >= 4 is 0 Å². The smallest absolute Gasteiger partial charge is 0.303 e. The van der Waals surface area contributed by atoms with E-state index in [1.54, 1.807) is 17.7 Å². The molecule has 0 spiro atoms. The van der Waals surface area contributed by atoms with Gasteiger partial charge in [-0.3, -0.25) is 9.78 Å². The van der Waals surface area contributed by atoms with Gasteiger partial charge in [0.15, 0.2) is 0 Å². The molecule has 104 valence electrons. The second-order valence-corrected chi connectivity index (χ2v) is 5.99. The molecule has 2 unspecified atom stereocenters. The Morgan fingerprint density at radius 3 is 2.63 bits per heavy atom. The maximum atomic E-state index is 11.6. The van der Waals surface area contributed by atoms with Crippen LogP contribution < -0.4 is 11.2 Å². The molecule has 1 N–H and O–H groups in total. The van der Waals surface area contributed by atoms with Gasteiger partial charge in [-0.15, -0.1) is 0 Å². The molecule has 1 saturated heterocycles. The van der Waals surface area contributed by atoms with Crippen molar-refractivity contribution in [3.8, 4) is 0 Å². The Hall–Kier alpha value is -1.36. The minimum absolute atomic E-state index is 0.280. The Labute approximate surface area is 112 Å². The summed E-state index contributed by atoms with van der Waals surface area (Å²) in [6.45, 7) is 6.12. The monoisotopic (exact) mass is 263 g/mol. The third-order valence-corrected chi connectivity index (χ3v) is 4.37. The fourth-order valence-corrected chi connectivity index (χ4v) is 3.08. The number of fused-ring (bicyclic) bond motifs is 1. The van der Waals surface area contributed by atoms with Crippen molar-refractivity contribution in [1.29, 1.82) is 0 Å². The summed E-state index contributed by atoms with van der Waals surface area (Å²) in [5.74, 6) is 1.98. The zero-order chi connectivity index (χ0) is 13.4. The van der Waals surface area contributed by atoms with E-state index in [9.17, 15) is 9.59 Å². The first kappa shape index (κ1) is 12.7. The molecule has 19 heavy (non-hydrogen) atoms. The maximum absolute atomic E-state index is 11.6. The standard InChI is InChI=1S/C14H21N3O2/c1-10-7-17(14(19)15-13(10)18)5-3-2-4-16-8-11-6-12(11)9-16/h7,11-12H,2-6,8-9H2,1H3,(H,15,18,19). The van der Waals surface area contributed by atoms with Crippen LogP contribution >= 0.6 is 0 Å². The van der Waals surface area contributed by atoms with Crippen LogP contribution in [0.5, 0.6) is 0 Å². The quantitative estimate of drug-likeness (QED) is 0.790. The van der Waals surface area contributed by atoms with Crippen LogP contribution in [0.15, 0.2) is 15.8 Å². The summed E-state index contributed by atoms with van der Waals surface area (Å²) >= 11 is 0. The fraction of sp³-hybridized carbons (Fsp3) is 0.714. The van der Waals surface area contributed by atoms with E-state index in [-0.39, 0.29) is 11.2 Å². The summed E-state index contributed by atoms with van der Waals surface area (Å²) in [7, 11) is 0. The molecule has 1 aliphatic carbocycles. The summed E-state index contributed by atoms with van der Waals surface area (Å²) in [4.78, 5) is 27.7. The third-order valence-electron chi connectivity index (χ3n) is 4.37. The van der Waals surface area contributed by atoms with Gasteiger partial charge in [-0.25, -0.2) is 4.79 Å². The molecule has 5 nitrogen and oxygen atoms in total. The van der Waals surface area contributed by atoms with Crippen molar-refractivity contribution in [1.82, 2.24) is 14.5 Å². The van der Waals surface area contributed by atoms with Crippen LogP contribution in [0.3, 0.4) is 0 Å². The zero-order valence-electron chi connectivity index (χ0n) is 11.4. The number of aromatic amines is 1. The van der Waals surface area contributed by atoms with E-state index in [4.69, 9.17) is 0 Å². The van der Waals surface area contributed by atoms with Crippen LogP contribution in [-0.4, -0.2) is 34.1 Å². The first-order valence-corrected chi connectivity index (χ1v) is 7.16. The van der Waals surface area contributed by atoms with Gasteiger partial charge in [0.25, 0.3) is 5.56 Å². The summed E-state index contributed by atoms with van der Waals surface area (Å²) in [5, 5.41) is 0. The van der Waals surface area contributed by atoms with E-state index in [0.29, 0.717) is 12.1 Å². The van der Waals surface area contributed by atoms with Crippen molar-refractivity contribution < 1.29 is 0 Å². The molecule has 0 aromatic carbocycles. The van der Waals surface area contributed by atoms with Crippen LogP contribution in [-0.2, 0) is 6.54 Å². The average molecular weight is 263 g/mol. The number of unbranched alkanes of at least 4 members (excludes halogenated alkanes) is 1. The van der Waals surface area contributed by atoms with Gasteiger partial charge >= 0.3 is 5.69 Å². The van der Waals surface area contributed by atoms with Crippen molar-refractivity contribution in [3.63, 3.8) is 0 Å². The largest absolute Gasteiger partial charge is 0.328 e. The molecular formula is C14H21N3O2. The van der Waals surface area contributed by atoms with Gasteiger partial charge in [-0.05, 0) is 44.6 Å². The lowest BCUT2D eigenvalue weighted by Gasteiger charge is -2.17. The first-order chi connectivity index (χ1) is 9.13. The van der Waals surface area contributed by atoms with Crippen molar-refractivity contribution in [3.05, 3.63) is 32.6 Å². The number of aromatic nitrogens is 2. The van der Waals surface area contributed by atoms with Gasteiger partial charge in [0.2, 0.25) is 0 Å². The highest BCUT2D eigenvalue weighted by Crippen LogP contribution is 2.44. The predicted octanol–water partition coefficient (Wildman–Crippen LogP) is 0.577. The molecule has 1 saturated carbocycles. The molecule has 2 heterocycles. The Balaban J connectivity index is 1.45.